The molecule has 0 aromatic heterocycles. The highest BCUT2D eigenvalue weighted by Crippen LogP contribution is 2.23. The summed E-state index contributed by atoms with van der Waals surface area (Å²) in [5.41, 5.74) is 0.681. The van der Waals surface area contributed by atoms with Crippen molar-refractivity contribution in [1.29, 1.82) is 5.26 Å². The van der Waals surface area contributed by atoms with Gasteiger partial charge in [0.05, 0.1) is 19.6 Å². The zero-order valence-corrected chi connectivity index (χ0v) is 10.7. The zero-order valence-electron chi connectivity index (χ0n) is 9.90. The molecule has 0 aliphatic heterocycles. The van der Waals surface area contributed by atoms with Crippen LogP contribution in [-0.4, -0.2) is 19.7 Å². The van der Waals surface area contributed by atoms with Gasteiger partial charge in [0.15, 0.2) is 0 Å². The molecule has 1 amide bonds. The molecular weight excluding hydrogens is 256 g/mol. The second kappa shape index (κ2) is 7.41. The topological polar surface area (TPSA) is 71.3 Å². The number of ether oxygens (including phenoxy) is 2. The third kappa shape index (κ3) is 4.52. The van der Waals surface area contributed by atoms with E-state index in [1.165, 1.54) is 7.11 Å². The van der Waals surface area contributed by atoms with E-state index in [1.54, 1.807) is 18.2 Å². The van der Waals surface area contributed by atoms with E-state index in [9.17, 15) is 4.79 Å². The molecule has 0 fully saturated rings. The van der Waals surface area contributed by atoms with Gasteiger partial charge in [0.25, 0.3) is 0 Å². The lowest BCUT2D eigenvalue weighted by Crippen LogP contribution is -2.24. The van der Waals surface area contributed by atoms with Crippen LogP contribution in [0.15, 0.2) is 18.2 Å². The third-order valence-electron chi connectivity index (χ3n) is 2.11. The van der Waals surface area contributed by atoms with Crippen LogP contribution in [-0.2, 0) is 11.3 Å². The van der Waals surface area contributed by atoms with Gasteiger partial charge in [-0.1, -0.05) is 11.6 Å². The van der Waals surface area contributed by atoms with Crippen LogP contribution in [0.5, 0.6) is 5.75 Å². The van der Waals surface area contributed by atoms with Crippen LogP contribution < -0.4 is 10.1 Å². The fraction of sp³-hybridized carbons (Fsp3) is 0.333. The first-order valence-corrected chi connectivity index (χ1v) is 5.65. The first-order chi connectivity index (χ1) is 8.67. The number of alkyl carbamates (subject to hydrolysis) is 1. The largest absolute Gasteiger partial charge is 0.496 e. The molecule has 0 heterocycles. The molecule has 0 bridgehead atoms. The average Bonchev–Trinajstić information content (AvgIpc) is 2.37. The number of hydrogen-bond acceptors (Lipinski definition) is 4. The molecule has 0 saturated carbocycles. The average molecular weight is 269 g/mol. The predicted molar refractivity (Wildman–Crippen MR) is 66.4 cm³/mol. The summed E-state index contributed by atoms with van der Waals surface area (Å²) in [6.45, 7) is 0.324. The molecule has 96 valence electrons. The van der Waals surface area contributed by atoms with Gasteiger partial charge in [0.1, 0.15) is 12.4 Å². The standard InChI is InChI=1S/C12H13ClN2O3/c1-17-11-4-3-10(13)7-9(11)8-18-12(16)15-6-2-5-14/h3-4,7H,2,6,8H2,1H3,(H,15,16). The van der Waals surface area contributed by atoms with E-state index in [2.05, 4.69) is 5.32 Å². The van der Waals surface area contributed by atoms with Gasteiger partial charge in [-0.05, 0) is 18.2 Å². The molecule has 0 unspecified atom stereocenters. The van der Waals surface area contributed by atoms with Crippen molar-refractivity contribution in [3.05, 3.63) is 28.8 Å². The first-order valence-electron chi connectivity index (χ1n) is 5.27. The van der Waals surface area contributed by atoms with Crippen molar-refractivity contribution in [2.45, 2.75) is 13.0 Å². The van der Waals surface area contributed by atoms with Crippen LogP contribution in [0.4, 0.5) is 4.79 Å². The summed E-state index contributed by atoms with van der Waals surface area (Å²) in [6, 6.07) is 6.98. The van der Waals surface area contributed by atoms with Gasteiger partial charge in [-0.25, -0.2) is 4.79 Å². The minimum Gasteiger partial charge on any atom is -0.496 e. The van der Waals surface area contributed by atoms with E-state index in [1.807, 2.05) is 6.07 Å². The number of benzene rings is 1. The molecule has 6 heteroatoms. The molecule has 1 N–H and O–H groups in total. The van der Waals surface area contributed by atoms with Crippen LogP contribution in [0.3, 0.4) is 0 Å². The van der Waals surface area contributed by atoms with Crippen molar-refractivity contribution in [1.82, 2.24) is 5.32 Å². The van der Waals surface area contributed by atoms with E-state index < -0.39 is 6.09 Å². The van der Waals surface area contributed by atoms with E-state index in [0.717, 1.165) is 0 Å². The summed E-state index contributed by atoms with van der Waals surface area (Å²) in [7, 11) is 1.53. The van der Waals surface area contributed by atoms with Crippen molar-refractivity contribution in [2.24, 2.45) is 0 Å². The molecule has 5 nitrogen and oxygen atoms in total. The summed E-state index contributed by atoms with van der Waals surface area (Å²) in [6.07, 6.45) is -0.331. The Morgan fingerprint density at radius 3 is 3.00 bits per heavy atom. The van der Waals surface area contributed by atoms with Crippen LogP contribution in [0, 0.1) is 11.3 Å². The number of hydrogen-bond donors (Lipinski definition) is 1. The van der Waals surface area contributed by atoms with Gasteiger partial charge in [-0.3, -0.25) is 0 Å². The summed E-state index contributed by atoms with van der Waals surface area (Å²) in [5.74, 6) is 0.601. The van der Waals surface area contributed by atoms with Gasteiger partial charge in [-0.15, -0.1) is 0 Å². The Bertz CT molecular complexity index is 457. The number of halogens is 1. The Kier molecular flexibility index (Phi) is 5.81. The second-order valence-electron chi connectivity index (χ2n) is 3.37. The molecule has 1 aromatic carbocycles. The number of carbonyl (C=O) groups excluding carboxylic acids is 1. The molecule has 0 aliphatic rings. The molecule has 1 aromatic rings. The first kappa shape index (κ1) is 14.1. The normalized spacial score (nSPS) is 9.39. The van der Waals surface area contributed by atoms with Crippen molar-refractivity contribution in [3.8, 4) is 11.8 Å². The molecule has 0 atom stereocenters. The summed E-state index contributed by atoms with van der Waals surface area (Å²) < 4.78 is 10.1. The van der Waals surface area contributed by atoms with E-state index in [0.29, 0.717) is 16.3 Å². The van der Waals surface area contributed by atoms with Gasteiger partial charge in [0.2, 0.25) is 0 Å². The number of nitriles is 1. The highest BCUT2D eigenvalue weighted by molar-refractivity contribution is 6.30. The van der Waals surface area contributed by atoms with Gasteiger partial charge >= 0.3 is 6.09 Å². The maximum atomic E-state index is 11.3. The van der Waals surface area contributed by atoms with Crippen molar-refractivity contribution < 1.29 is 14.3 Å². The molecule has 0 saturated heterocycles. The minimum absolute atomic E-state index is 0.0577. The Morgan fingerprint density at radius 1 is 1.56 bits per heavy atom. The summed E-state index contributed by atoms with van der Waals surface area (Å²) in [4.78, 5) is 11.3. The zero-order chi connectivity index (χ0) is 13.4. The molecule has 0 spiro atoms. The SMILES string of the molecule is COc1ccc(Cl)cc1COC(=O)NCCC#N. The lowest BCUT2D eigenvalue weighted by Gasteiger charge is -2.10. The number of rotatable bonds is 5. The van der Waals surface area contributed by atoms with Gasteiger partial charge in [-0.2, -0.15) is 5.26 Å². The predicted octanol–water partition coefficient (Wildman–Crippen LogP) is 2.49. The molecular formula is C12H13ClN2O3. The Labute approximate surface area is 110 Å². The van der Waals surface area contributed by atoms with E-state index in [4.69, 9.17) is 26.3 Å². The Morgan fingerprint density at radius 2 is 2.33 bits per heavy atom. The minimum atomic E-state index is -0.577. The second-order valence-corrected chi connectivity index (χ2v) is 3.80. The van der Waals surface area contributed by atoms with Crippen molar-refractivity contribution >= 4 is 17.7 Å². The summed E-state index contributed by atoms with van der Waals surface area (Å²) in [5, 5.41) is 11.3. The quantitative estimate of drug-likeness (QED) is 0.833. The van der Waals surface area contributed by atoms with Crippen molar-refractivity contribution in [2.75, 3.05) is 13.7 Å². The van der Waals surface area contributed by atoms with Gasteiger partial charge in [0, 0.05) is 17.1 Å². The lowest BCUT2D eigenvalue weighted by molar-refractivity contribution is 0.139. The summed E-state index contributed by atoms with van der Waals surface area (Å²) >= 11 is 5.84. The maximum absolute atomic E-state index is 11.3. The monoisotopic (exact) mass is 268 g/mol. The highest BCUT2D eigenvalue weighted by Gasteiger charge is 2.07. The lowest BCUT2D eigenvalue weighted by atomic mass is 10.2. The fourth-order valence-electron chi connectivity index (χ4n) is 1.27. The molecule has 1 rings (SSSR count). The van der Waals surface area contributed by atoms with Crippen LogP contribution in [0.1, 0.15) is 12.0 Å². The number of methoxy groups -OCH3 is 1. The number of carbonyl (C=O) groups is 1. The van der Waals surface area contributed by atoms with Crippen LogP contribution >= 0.6 is 11.6 Å². The van der Waals surface area contributed by atoms with E-state index in [-0.39, 0.29) is 19.6 Å². The Balaban J connectivity index is 2.50. The Hall–Kier alpha value is -1.93. The van der Waals surface area contributed by atoms with Crippen LogP contribution in [0.25, 0.3) is 0 Å². The fourth-order valence-corrected chi connectivity index (χ4v) is 1.47. The molecule has 0 aliphatic carbocycles. The number of amides is 1. The number of nitrogens with one attached hydrogen (secondary N) is 1. The van der Waals surface area contributed by atoms with Gasteiger partial charge < -0.3 is 14.8 Å². The molecule has 18 heavy (non-hydrogen) atoms. The van der Waals surface area contributed by atoms with Crippen LogP contribution in [0.2, 0.25) is 5.02 Å². The van der Waals surface area contributed by atoms with Crippen molar-refractivity contribution in [3.63, 3.8) is 0 Å². The molecule has 0 radical (unpaired) electrons. The highest BCUT2D eigenvalue weighted by atomic mass is 35.5. The van der Waals surface area contributed by atoms with E-state index >= 15 is 0 Å². The number of nitrogens with zero attached hydrogens (tertiary/aromatic N) is 1. The third-order valence-corrected chi connectivity index (χ3v) is 2.34. The maximum Gasteiger partial charge on any atom is 0.407 e. The smallest absolute Gasteiger partial charge is 0.407 e.